The van der Waals surface area contributed by atoms with Crippen molar-refractivity contribution in [1.82, 2.24) is 14.4 Å². The fraction of sp³-hybridized carbons (Fsp3) is 0.478. The summed E-state index contributed by atoms with van der Waals surface area (Å²) in [6.07, 6.45) is 10.3. The molecule has 0 N–H and O–H groups in total. The Bertz CT molecular complexity index is 782. The second-order valence-electron chi connectivity index (χ2n) is 7.94. The molecule has 1 aromatic heterocycles. The maximum atomic E-state index is 12.8. The Morgan fingerprint density at radius 3 is 1.96 bits per heavy atom. The van der Waals surface area contributed by atoms with Crippen molar-refractivity contribution in [3.63, 3.8) is 0 Å². The van der Waals surface area contributed by atoms with E-state index >= 15 is 0 Å². The smallest absolute Gasteiger partial charge is 0.253 e. The van der Waals surface area contributed by atoms with Gasteiger partial charge in [0.05, 0.1) is 0 Å². The fourth-order valence-electron chi connectivity index (χ4n) is 4.34. The van der Waals surface area contributed by atoms with E-state index in [2.05, 4.69) is 4.90 Å². The number of likely N-dealkylation sites (tertiary alicyclic amines) is 2. The summed E-state index contributed by atoms with van der Waals surface area (Å²) in [5.41, 5.74) is 1.76. The van der Waals surface area contributed by atoms with Gasteiger partial charge in [0.2, 0.25) is 5.91 Å². The minimum Gasteiger partial charge on any atom is -0.342 e. The van der Waals surface area contributed by atoms with Crippen molar-refractivity contribution in [2.24, 2.45) is 5.92 Å². The Hall–Kier alpha value is -2.56. The van der Waals surface area contributed by atoms with Crippen LogP contribution >= 0.6 is 0 Å². The predicted octanol–water partition coefficient (Wildman–Crippen LogP) is 3.73. The van der Waals surface area contributed by atoms with Crippen LogP contribution in [0.2, 0.25) is 0 Å². The van der Waals surface area contributed by atoms with E-state index in [0.717, 1.165) is 44.5 Å². The van der Waals surface area contributed by atoms with Crippen LogP contribution in [-0.4, -0.2) is 52.4 Å². The fourth-order valence-corrected chi connectivity index (χ4v) is 4.34. The van der Waals surface area contributed by atoms with Crippen LogP contribution in [0.15, 0.2) is 48.8 Å². The Balaban J connectivity index is 1.33. The summed E-state index contributed by atoms with van der Waals surface area (Å²) >= 11 is 0. The lowest BCUT2D eigenvalue weighted by Gasteiger charge is -2.34. The van der Waals surface area contributed by atoms with E-state index in [1.165, 1.54) is 12.8 Å². The second-order valence-corrected chi connectivity index (χ2v) is 7.94. The molecular formula is C23H29N3O2. The highest BCUT2D eigenvalue weighted by molar-refractivity contribution is 5.94. The Morgan fingerprint density at radius 1 is 0.750 bits per heavy atom. The van der Waals surface area contributed by atoms with Gasteiger partial charge in [-0.15, -0.1) is 0 Å². The number of benzene rings is 1. The van der Waals surface area contributed by atoms with Crippen LogP contribution in [0.1, 0.15) is 48.9 Å². The molecule has 148 valence electrons. The molecule has 0 aliphatic carbocycles. The number of hydrogen-bond donors (Lipinski definition) is 0. The predicted molar refractivity (Wildman–Crippen MR) is 109 cm³/mol. The molecule has 2 fully saturated rings. The minimum atomic E-state index is 0.0692. The number of aromatic nitrogens is 1. The van der Waals surface area contributed by atoms with E-state index in [4.69, 9.17) is 0 Å². The second kappa shape index (κ2) is 8.63. The largest absolute Gasteiger partial charge is 0.342 e. The summed E-state index contributed by atoms with van der Waals surface area (Å²) in [4.78, 5) is 29.6. The monoisotopic (exact) mass is 379 g/mol. The summed E-state index contributed by atoms with van der Waals surface area (Å²) in [6, 6.07) is 11.7. The molecule has 2 amide bonds. The van der Waals surface area contributed by atoms with Crippen LogP contribution in [0.25, 0.3) is 5.69 Å². The molecule has 2 saturated heterocycles. The van der Waals surface area contributed by atoms with Crippen LogP contribution in [0.4, 0.5) is 0 Å². The van der Waals surface area contributed by atoms with E-state index in [1.54, 1.807) is 0 Å². The molecule has 4 rings (SSSR count). The average Bonchev–Trinajstić information content (AvgIpc) is 3.15. The molecule has 3 heterocycles. The van der Waals surface area contributed by atoms with Gasteiger partial charge in [-0.25, -0.2) is 0 Å². The van der Waals surface area contributed by atoms with Gasteiger partial charge in [0.15, 0.2) is 0 Å². The summed E-state index contributed by atoms with van der Waals surface area (Å²) in [5.74, 6) is 0.461. The van der Waals surface area contributed by atoms with Crippen molar-refractivity contribution < 1.29 is 9.59 Å². The highest BCUT2D eigenvalue weighted by Gasteiger charge is 2.30. The summed E-state index contributed by atoms with van der Waals surface area (Å²) < 4.78 is 2.02. The first kappa shape index (κ1) is 18.8. The Kier molecular flexibility index (Phi) is 5.79. The SMILES string of the molecule is O=C(c1ccc(-n2cccc2)cc1)N1CCC(C(=O)N2CCCCCC2)CC1. The molecule has 5 heteroatoms. The summed E-state index contributed by atoms with van der Waals surface area (Å²) in [6.45, 7) is 3.16. The minimum absolute atomic E-state index is 0.0692. The number of rotatable bonds is 3. The highest BCUT2D eigenvalue weighted by Crippen LogP contribution is 2.23. The quantitative estimate of drug-likeness (QED) is 0.816. The van der Waals surface area contributed by atoms with E-state index in [-0.39, 0.29) is 11.8 Å². The molecule has 1 aromatic carbocycles. The standard InChI is InChI=1S/C23H29N3O2/c27-22(19-7-9-21(10-8-19)24-13-5-6-14-24)26-17-11-20(12-18-26)23(28)25-15-3-1-2-4-16-25/h5-10,13-14,20H,1-4,11-12,15-18H2. The van der Waals surface area contributed by atoms with E-state index < -0.39 is 0 Å². The molecule has 0 spiro atoms. The molecule has 0 radical (unpaired) electrons. The molecule has 0 unspecified atom stereocenters. The third kappa shape index (κ3) is 4.13. The zero-order chi connectivity index (χ0) is 19.3. The van der Waals surface area contributed by atoms with Gasteiger partial charge in [-0.2, -0.15) is 0 Å². The van der Waals surface area contributed by atoms with Gasteiger partial charge in [-0.05, 0) is 62.1 Å². The lowest BCUT2D eigenvalue weighted by Crippen LogP contribution is -2.44. The number of carbonyl (C=O) groups excluding carboxylic acids is 2. The van der Waals surface area contributed by atoms with Crippen LogP contribution in [-0.2, 0) is 4.79 Å². The average molecular weight is 380 g/mol. The van der Waals surface area contributed by atoms with Gasteiger partial charge in [0.1, 0.15) is 0 Å². The maximum Gasteiger partial charge on any atom is 0.253 e. The van der Waals surface area contributed by atoms with Crippen LogP contribution in [0.3, 0.4) is 0 Å². The lowest BCUT2D eigenvalue weighted by molar-refractivity contribution is -0.136. The van der Waals surface area contributed by atoms with Crippen molar-refractivity contribution in [2.75, 3.05) is 26.2 Å². The van der Waals surface area contributed by atoms with Crippen molar-refractivity contribution in [1.29, 1.82) is 0 Å². The molecule has 0 atom stereocenters. The number of carbonyl (C=O) groups is 2. The summed E-state index contributed by atoms with van der Waals surface area (Å²) in [5, 5.41) is 0. The van der Waals surface area contributed by atoms with Gasteiger partial charge < -0.3 is 14.4 Å². The normalized spacial score (nSPS) is 18.7. The van der Waals surface area contributed by atoms with Gasteiger partial charge >= 0.3 is 0 Å². The third-order valence-electron chi connectivity index (χ3n) is 6.07. The lowest BCUT2D eigenvalue weighted by atomic mass is 9.94. The molecule has 0 bridgehead atoms. The van der Waals surface area contributed by atoms with Crippen molar-refractivity contribution in [2.45, 2.75) is 38.5 Å². The molecular weight excluding hydrogens is 350 g/mol. The molecule has 28 heavy (non-hydrogen) atoms. The number of amides is 2. The van der Waals surface area contributed by atoms with Gasteiger partial charge in [-0.1, -0.05) is 12.8 Å². The number of nitrogens with zero attached hydrogens (tertiary/aromatic N) is 3. The van der Waals surface area contributed by atoms with Gasteiger partial charge in [-0.3, -0.25) is 9.59 Å². The van der Waals surface area contributed by atoms with Crippen LogP contribution in [0, 0.1) is 5.92 Å². The maximum absolute atomic E-state index is 12.8. The van der Waals surface area contributed by atoms with Crippen molar-refractivity contribution in [3.8, 4) is 5.69 Å². The first-order chi connectivity index (χ1) is 13.7. The topological polar surface area (TPSA) is 45.6 Å². The van der Waals surface area contributed by atoms with E-state index in [9.17, 15) is 9.59 Å². The highest BCUT2D eigenvalue weighted by atomic mass is 16.2. The molecule has 0 saturated carbocycles. The van der Waals surface area contributed by atoms with E-state index in [0.29, 0.717) is 24.6 Å². The van der Waals surface area contributed by atoms with Gasteiger partial charge in [0, 0.05) is 55.7 Å². The van der Waals surface area contributed by atoms with Crippen molar-refractivity contribution in [3.05, 3.63) is 54.4 Å². The molecule has 5 nitrogen and oxygen atoms in total. The van der Waals surface area contributed by atoms with Crippen LogP contribution < -0.4 is 0 Å². The summed E-state index contributed by atoms with van der Waals surface area (Å²) in [7, 11) is 0. The van der Waals surface area contributed by atoms with Crippen LogP contribution in [0.5, 0.6) is 0 Å². The number of piperidine rings is 1. The number of hydrogen-bond acceptors (Lipinski definition) is 2. The van der Waals surface area contributed by atoms with E-state index in [1.807, 2.05) is 58.3 Å². The zero-order valence-electron chi connectivity index (χ0n) is 16.4. The third-order valence-corrected chi connectivity index (χ3v) is 6.07. The van der Waals surface area contributed by atoms with Crippen molar-refractivity contribution >= 4 is 11.8 Å². The first-order valence-corrected chi connectivity index (χ1v) is 10.5. The first-order valence-electron chi connectivity index (χ1n) is 10.5. The Morgan fingerprint density at radius 2 is 1.36 bits per heavy atom. The molecule has 2 aromatic rings. The Labute approximate surface area is 166 Å². The molecule has 2 aliphatic rings. The van der Waals surface area contributed by atoms with Gasteiger partial charge in [0.25, 0.3) is 5.91 Å². The molecule has 2 aliphatic heterocycles. The zero-order valence-corrected chi connectivity index (χ0v) is 16.4.